The number of benzene rings is 1. The van der Waals surface area contributed by atoms with Crippen molar-refractivity contribution in [1.82, 2.24) is 0 Å². The Kier molecular flexibility index (Phi) is 1.73. The lowest BCUT2D eigenvalue weighted by Gasteiger charge is -2.36. The van der Waals surface area contributed by atoms with Gasteiger partial charge in [0, 0.05) is 34.1 Å². The molecule has 2 N–H and O–H groups in total. The first-order chi connectivity index (χ1) is 9.25. The van der Waals surface area contributed by atoms with Gasteiger partial charge in [0.2, 0.25) is 0 Å². The summed E-state index contributed by atoms with van der Waals surface area (Å²) in [4.78, 5) is 0. The van der Waals surface area contributed by atoms with E-state index in [1.807, 2.05) is 0 Å². The Morgan fingerprint density at radius 1 is 0.684 bits per heavy atom. The molecule has 0 saturated heterocycles. The van der Waals surface area contributed by atoms with Crippen LogP contribution in [0.15, 0.2) is 12.2 Å². The van der Waals surface area contributed by atoms with E-state index in [1.165, 1.54) is 12.8 Å². The van der Waals surface area contributed by atoms with Gasteiger partial charge >= 0.3 is 0 Å². The second-order valence-corrected chi connectivity index (χ2v) is 6.73. The fourth-order valence-electron chi connectivity index (χ4n) is 5.18. The number of hydrogen-bond donors (Lipinski definition) is 2. The summed E-state index contributed by atoms with van der Waals surface area (Å²) >= 11 is 0. The maximum Gasteiger partial charge on any atom is 0.123 e. The van der Waals surface area contributed by atoms with Crippen LogP contribution in [0.1, 0.15) is 78.0 Å². The zero-order valence-corrected chi connectivity index (χ0v) is 10.9. The van der Waals surface area contributed by atoms with Gasteiger partial charge in [-0.25, -0.2) is 0 Å². The molecule has 4 bridgehead atoms. The number of allylic oxidation sites excluding steroid dienone is 2. The average Bonchev–Trinajstić information content (AvgIpc) is 3.06. The Labute approximate surface area is 112 Å². The first-order valence-electron chi connectivity index (χ1n) is 7.55. The SMILES string of the molecule is Oc1c2c(c(O)c3c1[C@@H]1C=C[C@H]3CC1)[C@@H]1CC[C@H]2C1. The fraction of sp³-hybridized carbons (Fsp3) is 0.529. The molecule has 1 aromatic carbocycles. The molecule has 5 aliphatic rings. The molecular formula is C17H18O2. The molecule has 0 aliphatic heterocycles. The predicted molar refractivity (Wildman–Crippen MR) is 73.0 cm³/mol. The van der Waals surface area contributed by atoms with E-state index in [-0.39, 0.29) is 0 Å². The van der Waals surface area contributed by atoms with Gasteiger partial charge in [-0.3, -0.25) is 0 Å². The van der Waals surface area contributed by atoms with Gasteiger partial charge in [-0.15, -0.1) is 0 Å². The van der Waals surface area contributed by atoms with E-state index in [4.69, 9.17) is 0 Å². The maximum atomic E-state index is 10.8. The molecule has 4 atom stereocenters. The number of phenols is 2. The number of rotatable bonds is 0. The lowest BCUT2D eigenvalue weighted by molar-refractivity contribution is 0.407. The first kappa shape index (κ1) is 10.4. The third kappa shape index (κ3) is 1.06. The number of fused-ring (bicyclic) bond motifs is 6. The molecule has 6 rings (SSSR count). The highest BCUT2D eigenvalue weighted by Crippen LogP contribution is 2.63. The molecule has 2 heteroatoms. The summed E-state index contributed by atoms with van der Waals surface area (Å²) in [6.07, 6.45) is 10.2. The maximum absolute atomic E-state index is 10.8. The van der Waals surface area contributed by atoms with Crippen LogP contribution in [0.25, 0.3) is 0 Å². The number of aromatic hydroxyl groups is 2. The van der Waals surface area contributed by atoms with Crippen LogP contribution >= 0.6 is 0 Å². The summed E-state index contributed by atoms with van der Waals surface area (Å²) in [6.45, 7) is 0. The fourth-order valence-corrected chi connectivity index (χ4v) is 5.18. The zero-order valence-electron chi connectivity index (χ0n) is 10.9. The largest absolute Gasteiger partial charge is 0.507 e. The summed E-state index contributed by atoms with van der Waals surface area (Å²) in [6, 6.07) is 0. The van der Waals surface area contributed by atoms with Crippen LogP contribution in [0.2, 0.25) is 0 Å². The van der Waals surface area contributed by atoms with E-state index in [9.17, 15) is 10.2 Å². The average molecular weight is 254 g/mol. The predicted octanol–water partition coefficient (Wildman–Crippen LogP) is 3.99. The Morgan fingerprint density at radius 3 is 1.58 bits per heavy atom. The summed E-state index contributed by atoms with van der Waals surface area (Å²) in [5.74, 6) is 2.73. The van der Waals surface area contributed by atoms with E-state index in [1.54, 1.807) is 0 Å². The zero-order chi connectivity index (χ0) is 12.7. The molecule has 5 aliphatic carbocycles. The molecule has 1 fully saturated rings. The smallest absolute Gasteiger partial charge is 0.123 e. The molecule has 1 aromatic rings. The molecule has 0 aromatic heterocycles. The van der Waals surface area contributed by atoms with Gasteiger partial charge in [-0.2, -0.15) is 0 Å². The second-order valence-electron chi connectivity index (χ2n) is 6.73. The van der Waals surface area contributed by atoms with E-state index in [0.29, 0.717) is 35.2 Å². The van der Waals surface area contributed by atoms with E-state index < -0.39 is 0 Å². The van der Waals surface area contributed by atoms with Crippen LogP contribution in [0.5, 0.6) is 11.5 Å². The molecule has 0 heterocycles. The molecular weight excluding hydrogens is 236 g/mol. The van der Waals surface area contributed by atoms with Gasteiger partial charge in [0.25, 0.3) is 0 Å². The van der Waals surface area contributed by atoms with Crippen molar-refractivity contribution in [3.8, 4) is 11.5 Å². The standard InChI is InChI=1S/C17H18O2/c18-16-12-8-1-2-9(4-3-8)13(12)17(19)15-11-6-5-10(7-11)14(15)16/h1-2,8-11,18-19H,3-7H2/t8-,9+,10+,11-. The Morgan fingerprint density at radius 2 is 1.16 bits per heavy atom. The van der Waals surface area contributed by atoms with Crippen LogP contribution in [0.4, 0.5) is 0 Å². The molecule has 0 amide bonds. The summed E-state index contributed by atoms with van der Waals surface area (Å²) < 4.78 is 0. The van der Waals surface area contributed by atoms with E-state index in [2.05, 4.69) is 12.2 Å². The van der Waals surface area contributed by atoms with Crippen molar-refractivity contribution in [2.24, 2.45) is 0 Å². The van der Waals surface area contributed by atoms with Crippen molar-refractivity contribution >= 4 is 0 Å². The van der Waals surface area contributed by atoms with Gasteiger partial charge in [0.15, 0.2) is 0 Å². The normalized spacial score (nSPS) is 36.6. The Balaban J connectivity index is 1.87. The molecule has 0 unspecified atom stereocenters. The van der Waals surface area contributed by atoms with Crippen molar-refractivity contribution in [3.63, 3.8) is 0 Å². The van der Waals surface area contributed by atoms with E-state index >= 15 is 0 Å². The van der Waals surface area contributed by atoms with Crippen molar-refractivity contribution < 1.29 is 10.2 Å². The minimum atomic E-state index is 0.329. The summed E-state index contributed by atoms with van der Waals surface area (Å²) in [5.41, 5.74) is 4.33. The second kappa shape index (κ2) is 3.17. The molecule has 0 spiro atoms. The first-order valence-corrected chi connectivity index (χ1v) is 7.55. The molecule has 1 saturated carbocycles. The van der Waals surface area contributed by atoms with Gasteiger partial charge in [0.1, 0.15) is 11.5 Å². The van der Waals surface area contributed by atoms with Crippen molar-refractivity contribution in [2.75, 3.05) is 0 Å². The number of phenolic OH excluding ortho intramolecular Hbond substituents is 2. The lowest BCUT2D eigenvalue weighted by atomic mass is 9.68. The minimum absolute atomic E-state index is 0.329. The highest BCUT2D eigenvalue weighted by atomic mass is 16.3. The Bertz CT molecular complexity index is 576. The van der Waals surface area contributed by atoms with Crippen LogP contribution in [-0.2, 0) is 0 Å². The molecule has 19 heavy (non-hydrogen) atoms. The molecule has 98 valence electrons. The van der Waals surface area contributed by atoms with Crippen molar-refractivity contribution in [3.05, 3.63) is 34.4 Å². The van der Waals surface area contributed by atoms with Gasteiger partial charge in [-0.05, 0) is 43.9 Å². The third-order valence-corrected chi connectivity index (χ3v) is 5.96. The minimum Gasteiger partial charge on any atom is -0.507 e. The quantitative estimate of drug-likeness (QED) is 0.543. The number of hydrogen-bond acceptors (Lipinski definition) is 2. The van der Waals surface area contributed by atoms with Gasteiger partial charge in [-0.1, -0.05) is 12.2 Å². The van der Waals surface area contributed by atoms with Crippen molar-refractivity contribution in [2.45, 2.75) is 55.8 Å². The van der Waals surface area contributed by atoms with Crippen LogP contribution in [0.3, 0.4) is 0 Å². The summed E-state index contributed by atoms with van der Waals surface area (Å²) in [7, 11) is 0. The lowest BCUT2D eigenvalue weighted by Crippen LogP contribution is -2.19. The molecule has 2 nitrogen and oxygen atoms in total. The van der Waals surface area contributed by atoms with Crippen LogP contribution < -0.4 is 0 Å². The van der Waals surface area contributed by atoms with Crippen LogP contribution in [0, 0.1) is 0 Å². The highest BCUT2D eigenvalue weighted by molar-refractivity contribution is 5.68. The topological polar surface area (TPSA) is 40.5 Å². The highest BCUT2D eigenvalue weighted by Gasteiger charge is 2.45. The Hall–Kier alpha value is -1.44. The van der Waals surface area contributed by atoms with Crippen molar-refractivity contribution in [1.29, 1.82) is 0 Å². The van der Waals surface area contributed by atoms with E-state index in [0.717, 1.165) is 41.5 Å². The van der Waals surface area contributed by atoms with Gasteiger partial charge in [0.05, 0.1) is 0 Å². The monoisotopic (exact) mass is 254 g/mol. The van der Waals surface area contributed by atoms with Gasteiger partial charge < -0.3 is 10.2 Å². The third-order valence-electron chi connectivity index (χ3n) is 5.96. The molecule has 0 radical (unpaired) electrons. The summed E-state index contributed by atoms with van der Waals surface area (Å²) in [5, 5.41) is 21.6. The van der Waals surface area contributed by atoms with Crippen LogP contribution in [-0.4, -0.2) is 10.2 Å².